The predicted molar refractivity (Wildman–Crippen MR) is 43.3 cm³/mol. The van der Waals surface area contributed by atoms with Crippen molar-refractivity contribution in [3.8, 4) is 0 Å². The Morgan fingerprint density at radius 2 is 2.40 bits per heavy atom. The van der Waals surface area contributed by atoms with E-state index >= 15 is 0 Å². The number of hydrogen-bond acceptors (Lipinski definition) is 3. The maximum Gasteiger partial charge on any atom is 0.140 e. The fourth-order valence-electron chi connectivity index (χ4n) is 0.597. The van der Waals surface area contributed by atoms with Gasteiger partial charge in [-0.2, -0.15) is 0 Å². The van der Waals surface area contributed by atoms with Gasteiger partial charge in [0.1, 0.15) is 6.23 Å². The first-order chi connectivity index (χ1) is 4.74. The zero-order valence-electron chi connectivity index (χ0n) is 5.50. The van der Waals surface area contributed by atoms with Crippen LogP contribution in [0, 0.1) is 0 Å². The molecule has 0 aliphatic carbocycles. The van der Waals surface area contributed by atoms with E-state index in [0.29, 0.717) is 0 Å². The summed E-state index contributed by atoms with van der Waals surface area (Å²) >= 11 is 7.10. The smallest absolute Gasteiger partial charge is 0.140 e. The molecule has 1 rings (SSSR count). The molecule has 1 heterocycles. The highest BCUT2D eigenvalue weighted by Crippen LogP contribution is 2.25. The van der Waals surface area contributed by atoms with Crippen LogP contribution in [-0.4, -0.2) is 7.11 Å². The molecule has 4 heteroatoms. The molecule has 0 radical (unpaired) electrons. The van der Waals surface area contributed by atoms with Crippen LogP contribution in [0.4, 0.5) is 0 Å². The third kappa shape index (κ3) is 1.70. The summed E-state index contributed by atoms with van der Waals surface area (Å²) in [6.45, 7) is 0. The van der Waals surface area contributed by atoms with Gasteiger partial charge in [0.25, 0.3) is 0 Å². The summed E-state index contributed by atoms with van der Waals surface area (Å²) in [5.41, 5.74) is 5.54. The molecule has 1 unspecified atom stereocenters. The Kier molecular flexibility index (Phi) is 2.68. The molecule has 56 valence electrons. The summed E-state index contributed by atoms with van der Waals surface area (Å²) in [5, 5.41) is 0. The lowest BCUT2D eigenvalue weighted by Gasteiger charge is -2.04. The molecule has 0 saturated heterocycles. The zero-order valence-corrected chi connectivity index (χ0v) is 7.08. The lowest BCUT2D eigenvalue weighted by Crippen LogP contribution is -2.09. The highest BCUT2D eigenvalue weighted by molar-refractivity contribution is 7.16. The highest BCUT2D eigenvalue weighted by Gasteiger charge is 2.05. The summed E-state index contributed by atoms with van der Waals surface area (Å²) in [4.78, 5) is 0.951. The van der Waals surface area contributed by atoms with Crippen molar-refractivity contribution in [2.24, 2.45) is 5.73 Å². The first-order valence-electron chi connectivity index (χ1n) is 2.77. The van der Waals surface area contributed by atoms with Crippen molar-refractivity contribution < 1.29 is 4.74 Å². The quantitative estimate of drug-likeness (QED) is 0.702. The van der Waals surface area contributed by atoms with Crippen LogP contribution in [0.3, 0.4) is 0 Å². The topological polar surface area (TPSA) is 35.2 Å². The normalized spacial score (nSPS) is 13.5. The van der Waals surface area contributed by atoms with Crippen LogP contribution in [0.1, 0.15) is 11.1 Å². The van der Waals surface area contributed by atoms with E-state index in [4.69, 9.17) is 22.1 Å². The van der Waals surface area contributed by atoms with Crippen molar-refractivity contribution in [2.75, 3.05) is 7.11 Å². The van der Waals surface area contributed by atoms with Gasteiger partial charge in [-0.05, 0) is 12.1 Å². The monoisotopic (exact) mass is 177 g/mol. The first-order valence-corrected chi connectivity index (χ1v) is 3.97. The molecule has 10 heavy (non-hydrogen) atoms. The van der Waals surface area contributed by atoms with E-state index in [1.807, 2.05) is 6.07 Å². The van der Waals surface area contributed by atoms with Gasteiger partial charge in [0.05, 0.1) is 4.34 Å². The second-order valence-electron chi connectivity index (χ2n) is 1.80. The van der Waals surface area contributed by atoms with Gasteiger partial charge in [-0.1, -0.05) is 11.6 Å². The maximum atomic E-state index is 5.67. The van der Waals surface area contributed by atoms with Gasteiger partial charge < -0.3 is 10.5 Å². The van der Waals surface area contributed by atoms with Crippen molar-refractivity contribution in [1.29, 1.82) is 0 Å². The van der Waals surface area contributed by atoms with Gasteiger partial charge in [-0.3, -0.25) is 0 Å². The fraction of sp³-hybridized carbons (Fsp3) is 0.333. The number of hydrogen-bond donors (Lipinski definition) is 1. The number of rotatable bonds is 2. The zero-order chi connectivity index (χ0) is 7.56. The molecule has 0 amide bonds. The second kappa shape index (κ2) is 3.34. The minimum atomic E-state index is -0.336. The molecule has 0 saturated carbocycles. The molecular weight excluding hydrogens is 170 g/mol. The van der Waals surface area contributed by atoms with Crippen molar-refractivity contribution in [2.45, 2.75) is 6.23 Å². The molecule has 1 atom stereocenters. The summed E-state index contributed by atoms with van der Waals surface area (Å²) < 4.78 is 5.62. The van der Waals surface area contributed by atoms with E-state index in [1.54, 1.807) is 13.2 Å². The van der Waals surface area contributed by atoms with Crippen LogP contribution in [-0.2, 0) is 4.74 Å². The van der Waals surface area contributed by atoms with Crippen LogP contribution in [0.25, 0.3) is 0 Å². The van der Waals surface area contributed by atoms with Gasteiger partial charge in [-0.15, -0.1) is 11.3 Å². The molecule has 0 aliphatic rings. The molecule has 0 aromatic carbocycles. The number of ether oxygens (including phenoxy) is 1. The standard InChI is InChI=1S/C6H8ClNOS/c1-9-6(8)4-2-3-5(7)10-4/h2-3,6H,8H2,1H3. The number of nitrogens with two attached hydrogens (primary N) is 1. The Morgan fingerprint density at radius 1 is 1.70 bits per heavy atom. The molecular formula is C6H8ClNOS. The molecule has 1 aromatic rings. The van der Waals surface area contributed by atoms with E-state index in [-0.39, 0.29) is 6.23 Å². The first kappa shape index (κ1) is 8.01. The van der Waals surface area contributed by atoms with E-state index in [2.05, 4.69) is 0 Å². The molecule has 0 bridgehead atoms. The van der Waals surface area contributed by atoms with Gasteiger partial charge in [-0.25, -0.2) is 0 Å². The van der Waals surface area contributed by atoms with Gasteiger partial charge in [0.2, 0.25) is 0 Å². The average Bonchev–Trinajstić information content (AvgIpc) is 2.34. The predicted octanol–water partition coefficient (Wildman–Crippen LogP) is 2.01. The lowest BCUT2D eigenvalue weighted by atomic mass is 10.4. The van der Waals surface area contributed by atoms with Crippen molar-refractivity contribution in [1.82, 2.24) is 0 Å². The number of halogens is 1. The Hall–Kier alpha value is -0.0900. The average molecular weight is 178 g/mol. The molecule has 2 N–H and O–H groups in total. The molecule has 1 aromatic heterocycles. The van der Waals surface area contributed by atoms with Gasteiger partial charge >= 0.3 is 0 Å². The van der Waals surface area contributed by atoms with Gasteiger partial charge in [0, 0.05) is 12.0 Å². The lowest BCUT2D eigenvalue weighted by molar-refractivity contribution is 0.112. The molecule has 0 fully saturated rings. The second-order valence-corrected chi connectivity index (χ2v) is 3.54. The van der Waals surface area contributed by atoms with Crippen LogP contribution >= 0.6 is 22.9 Å². The van der Waals surface area contributed by atoms with E-state index in [9.17, 15) is 0 Å². The SMILES string of the molecule is COC(N)c1ccc(Cl)s1. The van der Waals surface area contributed by atoms with Gasteiger partial charge in [0.15, 0.2) is 0 Å². The van der Waals surface area contributed by atoms with Crippen molar-refractivity contribution in [3.05, 3.63) is 21.3 Å². The van der Waals surface area contributed by atoms with Crippen LogP contribution in [0.15, 0.2) is 12.1 Å². The van der Waals surface area contributed by atoms with E-state index < -0.39 is 0 Å². The van der Waals surface area contributed by atoms with Crippen molar-refractivity contribution in [3.63, 3.8) is 0 Å². The largest absolute Gasteiger partial charge is 0.362 e. The highest BCUT2D eigenvalue weighted by atomic mass is 35.5. The Morgan fingerprint density at radius 3 is 2.80 bits per heavy atom. The minimum absolute atomic E-state index is 0.336. The van der Waals surface area contributed by atoms with Crippen LogP contribution in [0.2, 0.25) is 4.34 Å². The molecule has 2 nitrogen and oxygen atoms in total. The summed E-state index contributed by atoms with van der Waals surface area (Å²) in [6.07, 6.45) is -0.336. The number of thiophene rings is 1. The van der Waals surface area contributed by atoms with Crippen LogP contribution in [0.5, 0.6) is 0 Å². The molecule has 0 spiro atoms. The Bertz CT molecular complexity index is 213. The van der Waals surface area contributed by atoms with E-state index in [1.165, 1.54) is 11.3 Å². The summed E-state index contributed by atoms with van der Waals surface area (Å²) in [6, 6.07) is 3.67. The Labute approximate surface area is 68.6 Å². The Balaban J connectivity index is 2.74. The third-order valence-electron chi connectivity index (χ3n) is 1.13. The summed E-state index contributed by atoms with van der Waals surface area (Å²) in [7, 11) is 1.57. The summed E-state index contributed by atoms with van der Waals surface area (Å²) in [5.74, 6) is 0. The maximum absolute atomic E-state index is 5.67. The fourth-order valence-corrected chi connectivity index (χ4v) is 1.64. The van der Waals surface area contributed by atoms with E-state index in [0.717, 1.165) is 9.21 Å². The van der Waals surface area contributed by atoms with Crippen molar-refractivity contribution >= 4 is 22.9 Å². The van der Waals surface area contributed by atoms with Crippen LogP contribution < -0.4 is 5.73 Å². The minimum Gasteiger partial charge on any atom is -0.362 e. The molecule has 0 aliphatic heterocycles. The third-order valence-corrected chi connectivity index (χ3v) is 2.42. The number of methoxy groups -OCH3 is 1.